The summed E-state index contributed by atoms with van der Waals surface area (Å²) in [5, 5.41) is 13.5. The molecule has 0 aliphatic carbocycles. The van der Waals surface area contributed by atoms with Gasteiger partial charge in [-0.3, -0.25) is 19.0 Å². The van der Waals surface area contributed by atoms with Gasteiger partial charge in [-0.05, 0) is 112 Å². The van der Waals surface area contributed by atoms with Gasteiger partial charge in [-0.2, -0.15) is 0 Å². The average Bonchev–Trinajstić information content (AvgIpc) is 4.06. The molecule has 8 rings (SSSR count). The second-order valence-corrected chi connectivity index (χ2v) is 15.7. The standard InChI is InChI=1S/C25H31N5O4.C25H27N5O4.Na.H2O/c2*1-3-33-24(31)16-21(19-9-11-22(32-2)27-17-19)30-14-12-23(29-30)34-15-5-7-20-10-8-18-6-4-13-26-25(18)28-20;;/h8-12,14,17,21H,3-7,13,15-16H2,1-2H3,(H,26,28);4,6,8-14,17,21H,3,5,7,15-16H2,1-2H3;;1H2/q;;+1;/p-1. The normalized spacial score (nSPS) is 12.3. The average molecular weight is 967 g/mol. The van der Waals surface area contributed by atoms with Crippen molar-refractivity contribution in [2.45, 2.75) is 77.3 Å². The van der Waals surface area contributed by atoms with Gasteiger partial charge < -0.3 is 39.2 Å². The summed E-state index contributed by atoms with van der Waals surface area (Å²) in [7, 11) is 3.12. The van der Waals surface area contributed by atoms with Gasteiger partial charge >= 0.3 is 41.5 Å². The van der Waals surface area contributed by atoms with Crippen LogP contribution in [0.25, 0.3) is 11.0 Å². The number of carbonyl (C=O) groups excluding carboxylic acids is 2. The number of pyridine rings is 5. The molecule has 0 aromatic carbocycles. The Morgan fingerprint density at radius 1 is 0.671 bits per heavy atom. The fraction of sp³-hybridized carbons (Fsp3) is 0.380. The molecule has 1 aliphatic rings. The number of anilines is 1. The Kier molecular flexibility index (Phi) is 21.8. The minimum Gasteiger partial charge on any atom is -0.870 e. The number of hydrogen-bond acceptors (Lipinski definition) is 17. The number of fused-ring (bicyclic) bond motifs is 2. The second kappa shape index (κ2) is 28.1. The fourth-order valence-corrected chi connectivity index (χ4v) is 7.54. The molecule has 7 aromatic heterocycles. The van der Waals surface area contributed by atoms with Crippen LogP contribution in [-0.2, 0) is 38.3 Å². The van der Waals surface area contributed by atoms with Gasteiger partial charge in [0.15, 0.2) is 5.65 Å². The Morgan fingerprint density at radius 2 is 1.23 bits per heavy atom. The Balaban J connectivity index is 0.000000254. The van der Waals surface area contributed by atoms with E-state index >= 15 is 0 Å². The molecule has 0 radical (unpaired) electrons. The first-order chi connectivity index (χ1) is 33.3. The monoisotopic (exact) mass is 966 g/mol. The summed E-state index contributed by atoms with van der Waals surface area (Å²) in [5.74, 6) is 2.42. The molecule has 20 heteroatoms. The maximum absolute atomic E-state index is 12.2. The molecule has 0 saturated heterocycles. The summed E-state index contributed by atoms with van der Waals surface area (Å²) in [5.41, 5.74) is 5.72. The zero-order chi connectivity index (χ0) is 47.5. The molecule has 364 valence electrons. The summed E-state index contributed by atoms with van der Waals surface area (Å²) in [4.78, 5) is 46.6. The predicted octanol–water partition coefficient (Wildman–Crippen LogP) is 4.21. The predicted molar refractivity (Wildman–Crippen MR) is 255 cm³/mol. The van der Waals surface area contributed by atoms with E-state index in [1.807, 2.05) is 36.4 Å². The zero-order valence-electron chi connectivity index (χ0n) is 40.4. The summed E-state index contributed by atoms with van der Waals surface area (Å²) in [6, 6.07) is 22.3. The van der Waals surface area contributed by atoms with Crippen molar-refractivity contribution in [3.63, 3.8) is 0 Å². The largest absolute Gasteiger partial charge is 1.00 e. The number of nitrogens with one attached hydrogen (secondary N) is 1. The van der Waals surface area contributed by atoms with Gasteiger partial charge in [-0.1, -0.05) is 6.07 Å². The van der Waals surface area contributed by atoms with E-state index in [2.05, 4.69) is 47.6 Å². The van der Waals surface area contributed by atoms with Crippen LogP contribution in [0, 0.1) is 0 Å². The third-order valence-electron chi connectivity index (χ3n) is 11.0. The van der Waals surface area contributed by atoms with Crippen molar-refractivity contribution in [1.29, 1.82) is 0 Å². The van der Waals surface area contributed by atoms with Crippen molar-refractivity contribution in [2.75, 3.05) is 52.5 Å². The van der Waals surface area contributed by atoms with Gasteiger partial charge in [0.1, 0.15) is 5.82 Å². The summed E-state index contributed by atoms with van der Waals surface area (Å²) < 4.78 is 35.7. The molecule has 2 atom stereocenters. The van der Waals surface area contributed by atoms with Crippen LogP contribution in [-0.4, -0.2) is 109 Å². The molecule has 2 N–H and O–H groups in total. The van der Waals surface area contributed by atoms with E-state index in [9.17, 15) is 9.59 Å². The van der Waals surface area contributed by atoms with Gasteiger partial charge in [0.05, 0.1) is 65.6 Å². The van der Waals surface area contributed by atoms with E-state index in [1.54, 1.807) is 92.7 Å². The first kappa shape index (κ1) is 54.3. The smallest absolute Gasteiger partial charge is 0.870 e. The molecular formula is C50H59N10NaO9. The number of carbonyl (C=O) groups is 2. The Bertz CT molecular complexity index is 2680. The van der Waals surface area contributed by atoms with Gasteiger partial charge in [0.2, 0.25) is 23.5 Å². The SMILES string of the molecule is CCOC(=O)CC(c1ccc(OC)nc1)n1ccc(OCCCc2ccc3c(n2)NCCC3)n1.CCOC(=O)CC(c1ccc(OC)nc1)n1ccc(OCCCc2ccc3cccnc3n2)n1.[Na+].[OH-]. The Labute approximate surface area is 429 Å². The van der Waals surface area contributed by atoms with E-state index in [0.29, 0.717) is 49.9 Å². The number of esters is 2. The molecule has 19 nitrogen and oxygen atoms in total. The maximum atomic E-state index is 12.2. The molecule has 0 fully saturated rings. The summed E-state index contributed by atoms with van der Waals surface area (Å²) in [6.45, 7) is 6.22. The molecule has 7 aromatic rings. The molecule has 8 heterocycles. The van der Waals surface area contributed by atoms with Crippen molar-refractivity contribution in [1.82, 2.24) is 44.5 Å². The molecule has 0 spiro atoms. The van der Waals surface area contributed by atoms with Crippen LogP contribution in [0.1, 0.15) is 86.1 Å². The second-order valence-electron chi connectivity index (χ2n) is 15.7. The Hall–Kier alpha value is -6.67. The molecule has 70 heavy (non-hydrogen) atoms. The minimum atomic E-state index is -0.371. The molecule has 0 bridgehead atoms. The third kappa shape index (κ3) is 15.7. The molecule has 2 unspecified atom stereocenters. The fourth-order valence-electron chi connectivity index (χ4n) is 7.54. The van der Waals surface area contributed by atoms with Gasteiger partial charge in [0.25, 0.3) is 0 Å². The minimum absolute atomic E-state index is 0. The first-order valence-electron chi connectivity index (χ1n) is 22.9. The van der Waals surface area contributed by atoms with Crippen LogP contribution >= 0.6 is 0 Å². The number of nitrogens with zero attached hydrogens (tertiary/aromatic N) is 9. The van der Waals surface area contributed by atoms with Crippen LogP contribution in [0.5, 0.6) is 23.5 Å². The third-order valence-corrected chi connectivity index (χ3v) is 11.0. The van der Waals surface area contributed by atoms with Crippen molar-refractivity contribution in [3.05, 3.63) is 132 Å². The molecule has 0 saturated carbocycles. The van der Waals surface area contributed by atoms with Gasteiger partial charge in [-0.25, -0.2) is 24.9 Å². The van der Waals surface area contributed by atoms with Crippen molar-refractivity contribution < 1.29 is 73.0 Å². The number of ether oxygens (including phenoxy) is 6. The van der Waals surface area contributed by atoms with E-state index < -0.39 is 0 Å². The van der Waals surface area contributed by atoms with Crippen LogP contribution in [0.15, 0.2) is 104 Å². The van der Waals surface area contributed by atoms with Crippen molar-refractivity contribution in [3.8, 4) is 23.5 Å². The molecule has 0 amide bonds. The van der Waals surface area contributed by atoms with E-state index in [-0.39, 0.29) is 71.9 Å². The van der Waals surface area contributed by atoms with Crippen molar-refractivity contribution >= 4 is 28.8 Å². The number of rotatable bonds is 22. The van der Waals surface area contributed by atoms with Crippen LogP contribution in [0.2, 0.25) is 0 Å². The summed E-state index contributed by atoms with van der Waals surface area (Å²) >= 11 is 0. The van der Waals surface area contributed by atoms with Crippen LogP contribution in [0.3, 0.4) is 0 Å². The number of methoxy groups -OCH3 is 2. The quantitative estimate of drug-likeness (QED) is 0.0570. The van der Waals surface area contributed by atoms with Crippen LogP contribution in [0.4, 0.5) is 5.82 Å². The number of aromatic nitrogens is 9. The molecular weight excluding hydrogens is 908 g/mol. The van der Waals surface area contributed by atoms with Crippen molar-refractivity contribution in [2.24, 2.45) is 0 Å². The summed E-state index contributed by atoms with van der Waals surface area (Å²) in [6.07, 6.45) is 14.4. The van der Waals surface area contributed by atoms with E-state index in [4.69, 9.17) is 33.4 Å². The van der Waals surface area contributed by atoms with Gasteiger partial charge in [0, 0.05) is 78.6 Å². The zero-order valence-corrected chi connectivity index (χ0v) is 42.4. The Morgan fingerprint density at radius 3 is 1.76 bits per heavy atom. The maximum Gasteiger partial charge on any atom is 1.00 e. The number of hydrogen-bond donors (Lipinski definition) is 1. The van der Waals surface area contributed by atoms with Gasteiger partial charge in [-0.15, -0.1) is 10.2 Å². The first-order valence-corrected chi connectivity index (χ1v) is 22.9. The topological polar surface area (TPSA) is 232 Å². The number of aryl methyl sites for hydroxylation is 3. The molecule has 1 aliphatic heterocycles. The van der Waals surface area contributed by atoms with E-state index in [1.165, 1.54) is 5.56 Å². The van der Waals surface area contributed by atoms with E-state index in [0.717, 1.165) is 84.4 Å². The van der Waals surface area contributed by atoms with Crippen LogP contribution < -0.4 is 53.8 Å².